The fraction of sp³-hybridized carbons (Fsp3) is 0.553. The number of amides is 4. The zero-order valence-electron chi connectivity index (χ0n) is 29.7. The van der Waals surface area contributed by atoms with E-state index in [9.17, 15) is 24.0 Å². The Morgan fingerprint density at radius 3 is 1.88 bits per heavy atom. The molecule has 4 N–H and O–H groups in total. The van der Waals surface area contributed by atoms with E-state index in [0.29, 0.717) is 58.6 Å². The van der Waals surface area contributed by atoms with Crippen LogP contribution in [0.25, 0.3) is 0 Å². The third-order valence-electron chi connectivity index (χ3n) is 9.08. The van der Waals surface area contributed by atoms with Gasteiger partial charge in [-0.05, 0) is 49.7 Å². The summed E-state index contributed by atoms with van der Waals surface area (Å²) in [6.07, 6.45) is 1.71. The fourth-order valence-corrected chi connectivity index (χ4v) is 5.98. The Morgan fingerprint density at radius 2 is 1.30 bits per heavy atom. The summed E-state index contributed by atoms with van der Waals surface area (Å²) < 4.78 is 10.7. The molecule has 0 aromatic heterocycles. The smallest absolute Gasteiger partial charge is 0.243 e. The maximum Gasteiger partial charge on any atom is 0.243 e. The fourth-order valence-electron chi connectivity index (χ4n) is 5.98. The Balaban J connectivity index is 1.49. The Morgan fingerprint density at radius 1 is 0.760 bits per heavy atom. The monoisotopic (exact) mass is 691 g/mol. The second kappa shape index (κ2) is 18.7. The lowest BCUT2D eigenvalue weighted by Gasteiger charge is -2.28. The number of rotatable bonds is 19. The average molecular weight is 692 g/mol. The minimum absolute atomic E-state index is 0.0208. The van der Waals surface area contributed by atoms with Crippen molar-refractivity contribution in [2.24, 2.45) is 5.92 Å². The summed E-state index contributed by atoms with van der Waals surface area (Å²) in [4.78, 5) is 69.7. The first-order valence-electron chi connectivity index (χ1n) is 17.7. The third-order valence-corrected chi connectivity index (χ3v) is 9.08. The number of hydrogen-bond acceptors (Lipinski definition) is 8. The van der Waals surface area contributed by atoms with Gasteiger partial charge in [-0.15, -0.1) is 0 Å². The summed E-state index contributed by atoms with van der Waals surface area (Å²) in [5.41, 5.74) is 0.927. The van der Waals surface area contributed by atoms with Crippen LogP contribution in [0.15, 0.2) is 60.7 Å². The minimum atomic E-state index is -1.02. The van der Waals surface area contributed by atoms with Crippen LogP contribution in [0.2, 0.25) is 0 Å². The van der Waals surface area contributed by atoms with E-state index >= 15 is 0 Å². The van der Waals surface area contributed by atoms with Gasteiger partial charge >= 0.3 is 0 Å². The molecular formula is C38H53N5O7. The standard InChI is InChI=1S/C38H53N5O7/c1-5-29(34(45)38(4)25-50-38)40-37(48)32(23-28-14-10-7-11-15-28)42-36(47)31(22-26(2)3)41-35(46)30(17-16-27-12-8-6-9-13-27)39-33(44)24-43-18-20-49-21-19-43/h6-15,26,29-32H,5,16-25H2,1-4H3,(H,39,44)(H,40,48)(H,41,46)(H,42,47)/t29-,30-,31-,32-,38+/m0/s1. The van der Waals surface area contributed by atoms with Crippen molar-refractivity contribution in [1.82, 2.24) is 26.2 Å². The molecule has 272 valence electrons. The van der Waals surface area contributed by atoms with Gasteiger partial charge in [-0.25, -0.2) is 0 Å². The number of morpholine rings is 1. The van der Waals surface area contributed by atoms with Crippen molar-refractivity contribution in [2.75, 3.05) is 39.5 Å². The summed E-state index contributed by atoms with van der Waals surface area (Å²) in [6, 6.07) is 15.3. The van der Waals surface area contributed by atoms with Gasteiger partial charge < -0.3 is 30.7 Å². The van der Waals surface area contributed by atoms with Crippen LogP contribution in [0.1, 0.15) is 58.1 Å². The van der Waals surface area contributed by atoms with E-state index in [1.165, 1.54) is 0 Å². The number of benzene rings is 2. The summed E-state index contributed by atoms with van der Waals surface area (Å²) >= 11 is 0. The number of nitrogens with zero attached hydrogens (tertiary/aromatic N) is 1. The van der Waals surface area contributed by atoms with E-state index in [4.69, 9.17) is 9.47 Å². The van der Waals surface area contributed by atoms with Gasteiger partial charge in [0.15, 0.2) is 5.78 Å². The van der Waals surface area contributed by atoms with Crippen LogP contribution in [0, 0.1) is 5.92 Å². The highest BCUT2D eigenvalue weighted by Gasteiger charge is 2.49. The molecule has 0 saturated carbocycles. The molecule has 2 fully saturated rings. The van der Waals surface area contributed by atoms with Gasteiger partial charge in [-0.2, -0.15) is 0 Å². The molecule has 50 heavy (non-hydrogen) atoms. The van der Waals surface area contributed by atoms with Crippen LogP contribution in [0.3, 0.4) is 0 Å². The Kier molecular flexibility index (Phi) is 14.5. The highest BCUT2D eigenvalue weighted by molar-refractivity contribution is 5.98. The molecule has 0 radical (unpaired) electrons. The van der Waals surface area contributed by atoms with Crippen molar-refractivity contribution in [3.63, 3.8) is 0 Å². The second-order valence-electron chi connectivity index (χ2n) is 13.8. The van der Waals surface area contributed by atoms with Crippen molar-refractivity contribution in [2.45, 2.75) is 89.6 Å². The molecule has 5 atom stereocenters. The maximum absolute atomic E-state index is 14.0. The molecule has 2 aliphatic heterocycles. The molecule has 2 heterocycles. The number of hydrogen-bond donors (Lipinski definition) is 4. The van der Waals surface area contributed by atoms with Gasteiger partial charge in [0.1, 0.15) is 23.7 Å². The van der Waals surface area contributed by atoms with Crippen LogP contribution in [0.4, 0.5) is 0 Å². The molecule has 0 unspecified atom stereocenters. The molecule has 0 spiro atoms. The van der Waals surface area contributed by atoms with Gasteiger partial charge in [0, 0.05) is 19.5 Å². The average Bonchev–Trinajstić information content (AvgIpc) is 3.87. The number of carbonyl (C=O) groups excluding carboxylic acids is 5. The van der Waals surface area contributed by atoms with Crippen molar-refractivity contribution in [3.8, 4) is 0 Å². The van der Waals surface area contributed by atoms with E-state index in [0.717, 1.165) is 11.1 Å². The topological polar surface area (TPSA) is 158 Å². The zero-order valence-corrected chi connectivity index (χ0v) is 29.7. The lowest BCUT2D eigenvalue weighted by molar-refractivity contribution is -0.135. The van der Waals surface area contributed by atoms with Crippen molar-refractivity contribution < 1.29 is 33.4 Å². The first-order chi connectivity index (χ1) is 24.0. The Labute approximate surface area is 295 Å². The molecule has 2 saturated heterocycles. The molecule has 2 aromatic carbocycles. The van der Waals surface area contributed by atoms with Gasteiger partial charge in [0.05, 0.1) is 32.4 Å². The van der Waals surface area contributed by atoms with Gasteiger partial charge in [-0.1, -0.05) is 81.4 Å². The minimum Gasteiger partial charge on any atom is -0.379 e. The van der Waals surface area contributed by atoms with E-state index in [-0.39, 0.29) is 30.6 Å². The molecule has 4 amide bonds. The number of ether oxygens (including phenoxy) is 2. The van der Waals surface area contributed by atoms with Crippen molar-refractivity contribution in [1.29, 1.82) is 0 Å². The zero-order chi connectivity index (χ0) is 36.1. The highest BCUT2D eigenvalue weighted by Crippen LogP contribution is 2.29. The van der Waals surface area contributed by atoms with Crippen LogP contribution in [-0.4, -0.2) is 104 Å². The largest absolute Gasteiger partial charge is 0.379 e. The number of ketones is 1. The summed E-state index contributed by atoms with van der Waals surface area (Å²) in [5, 5.41) is 11.5. The van der Waals surface area contributed by atoms with Crippen molar-refractivity contribution >= 4 is 29.4 Å². The summed E-state index contributed by atoms with van der Waals surface area (Å²) in [5.74, 6) is -1.97. The van der Waals surface area contributed by atoms with Gasteiger partial charge in [-0.3, -0.25) is 28.9 Å². The van der Waals surface area contributed by atoms with E-state index in [2.05, 4.69) is 21.3 Å². The Hall–Kier alpha value is -4.13. The first kappa shape index (κ1) is 38.7. The van der Waals surface area contributed by atoms with E-state index in [1.54, 1.807) is 6.92 Å². The van der Waals surface area contributed by atoms with Crippen LogP contribution >= 0.6 is 0 Å². The predicted octanol–water partition coefficient (Wildman–Crippen LogP) is 1.95. The lowest BCUT2D eigenvalue weighted by atomic mass is 9.97. The normalized spacial score (nSPS) is 19.8. The quantitative estimate of drug-likeness (QED) is 0.163. The number of nitrogens with one attached hydrogen (secondary N) is 4. The molecule has 2 aliphatic rings. The number of aryl methyl sites for hydroxylation is 1. The van der Waals surface area contributed by atoms with E-state index < -0.39 is 47.5 Å². The molecule has 12 nitrogen and oxygen atoms in total. The molecule has 4 rings (SSSR count). The molecule has 0 bridgehead atoms. The van der Waals surface area contributed by atoms with Gasteiger partial charge in [0.25, 0.3) is 0 Å². The SMILES string of the molecule is CC[C@H](NC(=O)[C@H](Cc1ccccc1)NC(=O)[C@H](CC(C)C)NC(=O)[C@H](CCc1ccccc1)NC(=O)CN1CCOCC1)C(=O)[C@@]1(C)CO1. The number of Topliss-reactive ketones (excluding diaryl/α,β-unsaturated/α-hetero) is 1. The molecule has 0 aliphatic carbocycles. The maximum atomic E-state index is 14.0. The summed E-state index contributed by atoms with van der Waals surface area (Å²) in [7, 11) is 0. The van der Waals surface area contributed by atoms with Crippen LogP contribution < -0.4 is 21.3 Å². The van der Waals surface area contributed by atoms with E-state index in [1.807, 2.05) is 86.3 Å². The van der Waals surface area contributed by atoms with Crippen LogP contribution in [0.5, 0.6) is 0 Å². The first-order valence-corrected chi connectivity index (χ1v) is 17.7. The number of epoxide rings is 1. The Bertz CT molecular complexity index is 1430. The van der Waals surface area contributed by atoms with Crippen molar-refractivity contribution in [3.05, 3.63) is 71.8 Å². The van der Waals surface area contributed by atoms with Crippen LogP contribution in [-0.2, 0) is 46.3 Å². The highest BCUT2D eigenvalue weighted by atomic mass is 16.6. The lowest BCUT2D eigenvalue weighted by Crippen LogP contribution is -2.59. The molecule has 12 heteroatoms. The molecule has 2 aromatic rings. The predicted molar refractivity (Wildman–Crippen MR) is 189 cm³/mol. The third kappa shape index (κ3) is 12.0. The summed E-state index contributed by atoms with van der Waals surface area (Å²) in [6.45, 7) is 10.2. The molecular weight excluding hydrogens is 638 g/mol. The number of carbonyl (C=O) groups is 5. The second-order valence-corrected chi connectivity index (χ2v) is 13.8. The van der Waals surface area contributed by atoms with Gasteiger partial charge in [0.2, 0.25) is 23.6 Å².